The Kier molecular flexibility index (Phi) is 7.44. The summed E-state index contributed by atoms with van der Waals surface area (Å²) >= 11 is 0. The van der Waals surface area contributed by atoms with E-state index in [0.717, 1.165) is 38.8 Å². The smallest absolute Gasteiger partial charge is 0.222 e. The predicted molar refractivity (Wildman–Crippen MR) is 80.9 cm³/mol. The molecule has 19 heavy (non-hydrogen) atoms. The van der Waals surface area contributed by atoms with E-state index in [1.54, 1.807) is 0 Å². The van der Waals surface area contributed by atoms with Gasteiger partial charge in [0.1, 0.15) is 0 Å². The summed E-state index contributed by atoms with van der Waals surface area (Å²) in [7, 11) is 0. The molecule has 2 unspecified atom stereocenters. The standard InChI is InChI=1S/C16H32N2O/c1-4-13(5-2)12-18(6-3)16(19)11-14-9-7-8-10-15(14)17/h13-15H,4-12,17H2,1-3H3. The molecule has 112 valence electrons. The molecule has 1 aliphatic carbocycles. The van der Waals surface area contributed by atoms with Gasteiger partial charge in [0.25, 0.3) is 0 Å². The van der Waals surface area contributed by atoms with Crippen LogP contribution in [0.1, 0.15) is 65.7 Å². The number of carbonyl (C=O) groups is 1. The molecule has 0 radical (unpaired) electrons. The van der Waals surface area contributed by atoms with Crippen LogP contribution in [0.5, 0.6) is 0 Å². The Balaban J connectivity index is 2.48. The van der Waals surface area contributed by atoms with Crippen molar-refractivity contribution in [3.8, 4) is 0 Å². The van der Waals surface area contributed by atoms with Gasteiger partial charge in [0.05, 0.1) is 0 Å². The quantitative estimate of drug-likeness (QED) is 0.771. The summed E-state index contributed by atoms with van der Waals surface area (Å²) in [6, 6.07) is 0.240. The van der Waals surface area contributed by atoms with Crippen molar-refractivity contribution in [2.75, 3.05) is 13.1 Å². The molecule has 3 nitrogen and oxygen atoms in total. The van der Waals surface area contributed by atoms with E-state index in [1.165, 1.54) is 12.8 Å². The second-order valence-electron chi connectivity index (χ2n) is 6.03. The first-order valence-electron chi connectivity index (χ1n) is 8.15. The van der Waals surface area contributed by atoms with E-state index >= 15 is 0 Å². The molecule has 0 aromatic rings. The number of rotatable bonds is 7. The first-order chi connectivity index (χ1) is 9.12. The van der Waals surface area contributed by atoms with E-state index in [-0.39, 0.29) is 6.04 Å². The van der Waals surface area contributed by atoms with Gasteiger partial charge >= 0.3 is 0 Å². The van der Waals surface area contributed by atoms with Crippen LogP contribution in [0.25, 0.3) is 0 Å². The molecule has 1 fully saturated rings. The minimum atomic E-state index is 0.240. The molecule has 0 heterocycles. The first-order valence-corrected chi connectivity index (χ1v) is 8.15. The Morgan fingerprint density at radius 1 is 1.21 bits per heavy atom. The second kappa shape index (κ2) is 8.57. The van der Waals surface area contributed by atoms with Gasteiger partial charge in [-0.3, -0.25) is 4.79 Å². The average Bonchev–Trinajstić information content (AvgIpc) is 2.42. The third kappa shape index (κ3) is 5.13. The van der Waals surface area contributed by atoms with Crippen molar-refractivity contribution >= 4 is 5.91 Å². The zero-order valence-electron chi connectivity index (χ0n) is 13.0. The zero-order chi connectivity index (χ0) is 14.3. The number of hydrogen-bond acceptors (Lipinski definition) is 2. The molecule has 0 saturated heterocycles. The van der Waals surface area contributed by atoms with Crippen molar-refractivity contribution in [2.45, 2.75) is 71.8 Å². The molecular formula is C16H32N2O. The Hall–Kier alpha value is -0.570. The second-order valence-corrected chi connectivity index (χ2v) is 6.03. The van der Waals surface area contributed by atoms with Gasteiger partial charge < -0.3 is 10.6 Å². The maximum atomic E-state index is 12.4. The minimum Gasteiger partial charge on any atom is -0.343 e. The van der Waals surface area contributed by atoms with Crippen molar-refractivity contribution in [3.05, 3.63) is 0 Å². The largest absolute Gasteiger partial charge is 0.343 e. The van der Waals surface area contributed by atoms with Gasteiger partial charge in [-0.25, -0.2) is 0 Å². The fourth-order valence-electron chi connectivity index (χ4n) is 3.11. The molecule has 0 aliphatic heterocycles. The molecule has 0 aromatic heterocycles. The van der Waals surface area contributed by atoms with Gasteiger partial charge in [-0.2, -0.15) is 0 Å². The topological polar surface area (TPSA) is 46.3 Å². The lowest BCUT2D eigenvalue weighted by Crippen LogP contribution is -2.40. The number of hydrogen-bond donors (Lipinski definition) is 1. The van der Waals surface area contributed by atoms with Crippen LogP contribution in [0.4, 0.5) is 0 Å². The third-order valence-corrected chi connectivity index (χ3v) is 4.77. The highest BCUT2D eigenvalue weighted by atomic mass is 16.2. The highest BCUT2D eigenvalue weighted by molar-refractivity contribution is 5.76. The lowest BCUT2D eigenvalue weighted by molar-refractivity contribution is -0.133. The molecule has 2 N–H and O–H groups in total. The van der Waals surface area contributed by atoms with E-state index in [1.807, 2.05) is 4.90 Å². The Bertz CT molecular complexity index is 263. The van der Waals surface area contributed by atoms with Gasteiger partial charge in [-0.1, -0.05) is 39.5 Å². The molecule has 1 amide bonds. The van der Waals surface area contributed by atoms with E-state index in [9.17, 15) is 4.79 Å². The zero-order valence-corrected chi connectivity index (χ0v) is 13.0. The summed E-state index contributed by atoms with van der Waals surface area (Å²) in [4.78, 5) is 14.5. The van der Waals surface area contributed by atoms with Crippen LogP contribution in [0.15, 0.2) is 0 Å². The molecule has 0 spiro atoms. The van der Waals surface area contributed by atoms with E-state index in [2.05, 4.69) is 20.8 Å². The van der Waals surface area contributed by atoms with Crippen molar-refractivity contribution in [2.24, 2.45) is 17.6 Å². The summed E-state index contributed by atoms with van der Waals surface area (Å²) in [5.74, 6) is 1.37. The summed E-state index contributed by atoms with van der Waals surface area (Å²) < 4.78 is 0. The fourth-order valence-corrected chi connectivity index (χ4v) is 3.11. The summed E-state index contributed by atoms with van der Waals surface area (Å²) in [5, 5.41) is 0. The van der Waals surface area contributed by atoms with Gasteiger partial charge in [-0.05, 0) is 31.6 Å². The van der Waals surface area contributed by atoms with Crippen molar-refractivity contribution in [1.82, 2.24) is 4.90 Å². The molecule has 0 bridgehead atoms. The van der Waals surface area contributed by atoms with Crippen molar-refractivity contribution in [3.63, 3.8) is 0 Å². The SMILES string of the molecule is CCC(CC)CN(CC)C(=O)CC1CCCCC1N. The fraction of sp³-hybridized carbons (Fsp3) is 0.938. The Labute approximate surface area is 118 Å². The average molecular weight is 268 g/mol. The van der Waals surface area contributed by atoms with Crippen LogP contribution < -0.4 is 5.73 Å². The van der Waals surface area contributed by atoms with Crippen LogP contribution >= 0.6 is 0 Å². The Morgan fingerprint density at radius 3 is 2.37 bits per heavy atom. The highest BCUT2D eigenvalue weighted by Crippen LogP contribution is 2.26. The van der Waals surface area contributed by atoms with Gasteiger partial charge in [0.15, 0.2) is 0 Å². The molecule has 1 saturated carbocycles. The van der Waals surface area contributed by atoms with E-state index in [4.69, 9.17) is 5.73 Å². The lowest BCUT2D eigenvalue weighted by Gasteiger charge is -2.31. The van der Waals surface area contributed by atoms with E-state index in [0.29, 0.717) is 24.2 Å². The van der Waals surface area contributed by atoms with Crippen molar-refractivity contribution < 1.29 is 4.79 Å². The van der Waals surface area contributed by atoms with Crippen molar-refractivity contribution in [1.29, 1.82) is 0 Å². The van der Waals surface area contributed by atoms with Gasteiger partial charge in [0.2, 0.25) is 5.91 Å². The van der Waals surface area contributed by atoms with Gasteiger partial charge in [-0.15, -0.1) is 0 Å². The number of nitrogens with zero attached hydrogens (tertiary/aromatic N) is 1. The van der Waals surface area contributed by atoms with Crippen LogP contribution in [0.2, 0.25) is 0 Å². The molecule has 0 aromatic carbocycles. The number of nitrogens with two attached hydrogens (primary N) is 1. The molecule has 1 aliphatic rings. The van der Waals surface area contributed by atoms with Gasteiger partial charge in [0, 0.05) is 25.6 Å². The third-order valence-electron chi connectivity index (χ3n) is 4.77. The van der Waals surface area contributed by atoms with E-state index < -0.39 is 0 Å². The minimum absolute atomic E-state index is 0.240. The van der Waals surface area contributed by atoms with Crippen LogP contribution in [-0.2, 0) is 4.79 Å². The maximum absolute atomic E-state index is 12.4. The normalized spacial score (nSPS) is 23.6. The summed E-state index contributed by atoms with van der Waals surface area (Å²) in [6.45, 7) is 8.26. The number of amides is 1. The highest BCUT2D eigenvalue weighted by Gasteiger charge is 2.26. The monoisotopic (exact) mass is 268 g/mol. The van der Waals surface area contributed by atoms with Crippen LogP contribution in [-0.4, -0.2) is 29.9 Å². The molecular weight excluding hydrogens is 236 g/mol. The predicted octanol–water partition coefficient (Wildman–Crippen LogP) is 3.18. The van der Waals surface area contributed by atoms with Crippen LogP contribution in [0, 0.1) is 11.8 Å². The summed E-state index contributed by atoms with van der Waals surface area (Å²) in [6.07, 6.45) is 7.68. The first kappa shape index (κ1) is 16.5. The molecule has 2 atom stereocenters. The Morgan fingerprint density at radius 2 is 1.84 bits per heavy atom. The maximum Gasteiger partial charge on any atom is 0.222 e. The lowest BCUT2D eigenvalue weighted by atomic mass is 9.82. The summed E-state index contributed by atoms with van der Waals surface area (Å²) in [5.41, 5.74) is 6.15. The molecule has 1 rings (SSSR count). The number of carbonyl (C=O) groups excluding carboxylic acids is 1. The molecule has 3 heteroatoms. The van der Waals surface area contributed by atoms with Crippen LogP contribution in [0.3, 0.4) is 0 Å².